The van der Waals surface area contributed by atoms with Gasteiger partial charge in [-0.2, -0.15) is 0 Å². The molecule has 2 fully saturated rings. The minimum atomic E-state index is 0.108. The fraction of sp³-hybridized carbons (Fsp3) is 0.381. The summed E-state index contributed by atoms with van der Waals surface area (Å²) < 4.78 is 0. The minimum absolute atomic E-state index is 0.108. The van der Waals surface area contributed by atoms with Gasteiger partial charge in [-0.1, -0.05) is 36.4 Å². The van der Waals surface area contributed by atoms with Crippen molar-refractivity contribution < 1.29 is 4.79 Å². The third-order valence-corrected chi connectivity index (χ3v) is 5.19. The van der Waals surface area contributed by atoms with Gasteiger partial charge in [0, 0.05) is 63.5 Å². The zero-order valence-electron chi connectivity index (χ0n) is 15.1. The molecule has 2 N–H and O–H groups in total. The molecule has 2 aromatic carbocycles. The van der Waals surface area contributed by atoms with Crippen molar-refractivity contribution in [2.75, 3.05) is 62.2 Å². The Morgan fingerprint density at radius 1 is 0.731 bits per heavy atom. The van der Waals surface area contributed by atoms with E-state index >= 15 is 0 Å². The van der Waals surface area contributed by atoms with E-state index in [4.69, 9.17) is 0 Å². The lowest BCUT2D eigenvalue weighted by Crippen LogP contribution is -2.47. The van der Waals surface area contributed by atoms with Crippen LogP contribution in [0.25, 0.3) is 0 Å². The number of nitrogens with one attached hydrogen (secondary N) is 2. The third kappa shape index (κ3) is 3.45. The summed E-state index contributed by atoms with van der Waals surface area (Å²) in [6.45, 7) is 7.68. The molecule has 0 aliphatic carbocycles. The van der Waals surface area contributed by atoms with E-state index in [-0.39, 0.29) is 5.78 Å². The van der Waals surface area contributed by atoms with Gasteiger partial charge in [-0.25, -0.2) is 0 Å². The molecule has 5 heteroatoms. The van der Waals surface area contributed by atoms with E-state index in [0.29, 0.717) is 0 Å². The smallest absolute Gasteiger partial charge is 0.195 e. The first-order valence-electron chi connectivity index (χ1n) is 9.49. The summed E-state index contributed by atoms with van der Waals surface area (Å²) in [5.74, 6) is 0.108. The quantitative estimate of drug-likeness (QED) is 0.823. The van der Waals surface area contributed by atoms with Gasteiger partial charge < -0.3 is 20.4 Å². The number of piperazine rings is 2. The molecule has 136 valence electrons. The number of rotatable bonds is 4. The Balaban J connectivity index is 1.78. The van der Waals surface area contributed by atoms with E-state index in [1.807, 2.05) is 42.5 Å². The molecule has 2 saturated heterocycles. The van der Waals surface area contributed by atoms with Crippen LogP contribution in [0.1, 0.15) is 15.9 Å². The molecule has 0 radical (unpaired) electrons. The average molecular weight is 350 g/mol. The number of ketones is 1. The molecule has 0 spiro atoms. The van der Waals surface area contributed by atoms with Crippen LogP contribution in [-0.4, -0.2) is 58.1 Å². The molecule has 0 atom stereocenters. The van der Waals surface area contributed by atoms with Gasteiger partial charge in [0.15, 0.2) is 5.78 Å². The molecule has 26 heavy (non-hydrogen) atoms. The molecule has 2 heterocycles. The first-order valence-corrected chi connectivity index (χ1v) is 9.49. The fourth-order valence-electron chi connectivity index (χ4n) is 3.84. The number of hydrogen-bond acceptors (Lipinski definition) is 5. The van der Waals surface area contributed by atoms with Gasteiger partial charge >= 0.3 is 0 Å². The molecule has 0 amide bonds. The van der Waals surface area contributed by atoms with E-state index in [9.17, 15) is 4.79 Å². The van der Waals surface area contributed by atoms with Gasteiger partial charge in [0.1, 0.15) is 0 Å². The number of carbonyl (C=O) groups excluding carboxylic acids is 1. The van der Waals surface area contributed by atoms with E-state index in [1.165, 1.54) is 5.69 Å². The third-order valence-electron chi connectivity index (χ3n) is 5.19. The first-order chi connectivity index (χ1) is 12.8. The Bertz CT molecular complexity index is 750. The Labute approximate surface area is 155 Å². The predicted octanol–water partition coefficient (Wildman–Crippen LogP) is 1.74. The highest BCUT2D eigenvalue weighted by molar-refractivity contribution is 6.14. The average Bonchev–Trinajstić information content (AvgIpc) is 2.74. The maximum Gasteiger partial charge on any atom is 0.195 e. The Kier molecular flexibility index (Phi) is 5.18. The van der Waals surface area contributed by atoms with E-state index in [2.05, 4.69) is 26.5 Å². The number of nitrogens with zero attached hydrogens (tertiary/aromatic N) is 2. The van der Waals surface area contributed by atoms with Crippen LogP contribution in [0, 0.1) is 0 Å². The maximum absolute atomic E-state index is 13.3. The van der Waals surface area contributed by atoms with Crippen LogP contribution in [0.15, 0.2) is 48.5 Å². The number of para-hydroxylation sites is 1. The van der Waals surface area contributed by atoms with E-state index < -0.39 is 0 Å². The summed E-state index contributed by atoms with van der Waals surface area (Å²) in [6.07, 6.45) is 0. The lowest BCUT2D eigenvalue weighted by Gasteiger charge is -2.37. The highest BCUT2D eigenvalue weighted by Gasteiger charge is 2.25. The van der Waals surface area contributed by atoms with Crippen molar-refractivity contribution >= 4 is 17.2 Å². The highest BCUT2D eigenvalue weighted by Crippen LogP contribution is 2.35. The van der Waals surface area contributed by atoms with Crippen LogP contribution in [0.2, 0.25) is 0 Å². The zero-order valence-corrected chi connectivity index (χ0v) is 15.1. The summed E-state index contributed by atoms with van der Waals surface area (Å²) in [5.41, 5.74) is 3.86. The van der Waals surface area contributed by atoms with Crippen molar-refractivity contribution in [3.63, 3.8) is 0 Å². The molecular formula is C21H26N4O. The van der Waals surface area contributed by atoms with Crippen molar-refractivity contribution in [1.82, 2.24) is 10.6 Å². The second-order valence-corrected chi connectivity index (χ2v) is 6.84. The Morgan fingerprint density at radius 2 is 1.35 bits per heavy atom. The zero-order chi connectivity index (χ0) is 17.8. The van der Waals surface area contributed by atoms with Crippen LogP contribution in [0.4, 0.5) is 11.4 Å². The normalized spacial score (nSPS) is 18.0. The molecule has 2 aliphatic heterocycles. The number of hydrogen-bond donors (Lipinski definition) is 2. The van der Waals surface area contributed by atoms with Crippen LogP contribution in [0.5, 0.6) is 0 Å². The van der Waals surface area contributed by atoms with Gasteiger partial charge in [0.25, 0.3) is 0 Å². The molecule has 5 nitrogen and oxygen atoms in total. The SMILES string of the molecule is O=C(c1ccccc1)c1cccc(N2CCNCC2)c1N1CCNCC1. The minimum Gasteiger partial charge on any atom is -0.367 e. The van der Waals surface area contributed by atoms with Crippen molar-refractivity contribution in [2.24, 2.45) is 0 Å². The molecule has 2 aromatic rings. The maximum atomic E-state index is 13.3. The molecule has 0 bridgehead atoms. The van der Waals surface area contributed by atoms with Crippen molar-refractivity contribution in [1.29, 1.82) is 0 Å². The summed E-state index contributed by atoms with van der Waals surface area (Å²) in [6, 6.07) is 15.8. The van der Waals surface area contributed by atoms with Gasteiger partial charge in [-0.05, 0) is 12.1 Å². The lowest BCUT2D eigenvalue weighted by molar-refractivity contribution is 0.103. The van der Waals surface area contributed by atoms with Crippen molar-refractivity contribution in [3.8, 4) is 0 Å². The number of benzene rings is 2. The summed E-state index contributed by atoms with van der Waals surface area (Å²) in [5, 5.41) is 6.83. The van der Waals surface area contributed by atoms with E-state index in [0.717, 1.165) is 69.2 Å². The van der Waals surface area contributed by atoms with Gasteiger partial charge in [-0.3, -0.25) is 4.79 Å². The number of carbonyl (C=O) groups is 1. The predicted molar refractivity (Wildman–Crippen MR) is 106 cm³/mol. The fourth-order valence-corrected chi connectivity index (χ4v) is 3.84. The molecule has 4 rings (SSSR count). The molecule has 0 aromatic heterocycles. The summed E-state index contributed by atoms with van der Waals surface area (Å²) in [4.78, 5) is 18.1. The first kappa shape index (κ1) is 17.1. The van der Waals surface area contributed by atoms with Gasteiger partial charge in [0.2, 0.25) is 0 Å². The Hall–Kier alpha value is -2.37. The van der Waals surface area contributed by atoms with Crippen molar-refractivity contribution in [2.45, 2.75) is 0 Å². The van der Waals surface area contributed by atoms with Gasteiger partial charge in [0.05, 0.1) is 11.4 Å². The topological polar surface area (TPSA) is 47.6 Å². The summed E-state index contributed by atoms with van der Waals surface area (Å²) in [7, 11) is 0. The van der Waals surface area contributed by atoms with Crippen LogP contribution in [0.3, 0.4) is 0 Å². The summed E-state index contributed by atoms with van der Waals surface area (Å²) >= 11 is 0. The second kappa shape index (κ2) is 7.89. The van der Waals surface area contributed by atoms with Crippen LogP contribution < -0.4 is 20.4 Å². The molecule has 0 unspecified atom stereocenters. The van der Waals surface area contributed by atoms with Crippen LogP contribution >= 0.6 is 0 Å². The highest BCUT2D eigenvalue weighted by atomic mass is 16.1. The number of anilines is 2. The standard InChI is InChI=1S/C21H26N4O/c26-21(17-5-2-1-3-6-17)18-7-4-8-19(24-13-9-22-10-14-24)20(18)25-15-11-23-12-16-25/h1-8,22-23H,9-16H2. The lowest BCUT2D eigenvalue weighted by atomic mass is 9.99. The molecule has 0 saturated carbocycles. The van der Waals surface area contributed by atoms with Gasteiger partial charge in [-0.15, -0.1) is 0 Å². The Morgan fingerprint density at radius 3 is 2.00 bits per heavy atom. The van der Waals surface area contributed by atoms with E-state index in [1.54, 1.807) is 0 Å². The second-order valence-electron chi connectivity index (χ2n) is 6.84. The monoisotopic (exact) mass is 350 g/mol. The van der Waals surface area contributed by atoms with Crippen LogP contribution in [-0.2, 0) is 0 Å². The largest absolute Gasteiger partial charge is 0.367 e. The van der Waals surface area contributed by atoms with Crippen molar-refractivity contribution in [3.05, 3.63) is 59.7 Å². The molecular weight excluding hydrogens is 324 g/mol. The molecule has 2 aliphatic rings.